The molecule has 0 bridgehead atoms. The number of aliphatic carboxylic acids is 1. The maximum atomic E-state index is 12.5. The molecule has 5 atom stereocenters. The Kier molecular flexibility index (Phi) is 8.70. The average Bonchev–Trinajstić information content (AvgIpc) is 2.99. The third kappa shape index (κ3) is 6.60. The minimum Gasteiger partial charge on any atom is -0.512 e. The number of ether oxygens (including phenoxy) is 1. The molecular formula is C23H32O6. The van der Waals surface area contributed by atoms with E-state index in [0.29, 0.717) is 17.9 Å². The number of esters is 1. The molecule has 3 N–H and O–H groups in total. The molecule has 1 unspecified atom stereocenters. The zero-order valence-electron chi connectivity index (χ0n) is 17.2. The van der Waals surface area contributed by atoms with Crippen molar-refractivity contribution >= 4 is 11.9 Å². The van der Waals surface area contributed by atoms with Crippen molar-refractivity contribution in [2.45, 2.75) is 64.6 Å². The van der Waals surface area contributed by atoms with Gasteiger partial charge in [0.25, 0.3) is 0 Å². The summed E-state index contributed by atoms with van der Waals surface area (Å²) in [6, 6.07) is 8.49. The number of rotatable bonds is 10. The van der Waals surface area contributed by atoms with E-state index < -0.39 is 36.0 Å². The first kappa shape index (κ1) is 22.9. The van der Waals surface area contributed by atoms with Crippen LogP contribution in [0.5, 0.6) is 0 Å². The summed E-state index contributed by atoms with van der Waals surface area (Å²) in [5.74, 6) is -2.66. The number of hydrogen-bond donors (Lipinski definition) is 3. The Balaban J connectivity index is 2.17. The van der Waals surface area contributed by atoms with Gasteiger partial charge in [-0.25, -0.2) is 4.79 Å². The number of aliphatic hydroxyl groups excluding tert-OH is 2. The van der Waals surface area contributed by atoms with Gasteiger partial charge >= 0.3 is 11.9 Å². The van der Waals surface area contributed by atoms with Gasteiger partial charge in [-0.1, -0.05) is 51.3 Å². The van der Waals surface area contributed by atoms with Gasteiger partial charge in [-0.05, 0) is 30.5 Å². The summed E-state index contributed by atoms with van der Waals surface area (Å²) in [4.78, 5) is 23.8. The molecule has 1 aliphatic rings. The first-order chi connectivity index (χ1) is 13.8. The summed E-state index contributed by atoms with van der Waals surface area (Å²) in [5, 5.41) is 30.4. The van der Waals surface area contributed by atoms with E-state index in [-0.39, 0.29) is 18.6 Å². The highest BCUT2D eigenvalue weighted by Crippen LogP contribution is 2.41. The Bertz CT molecular complexity index is 699. The van der Waals surface area contributed by atoms with Crippen LogP contribution in [0.15, 0.2) is 42.2 Å². The predicted molar refractivity (Wildman–Crippen MR) is 110 cm³/mol. The molecule has 29 heavy (non-hydrogen) atoms. The predicted octanol–water partition coefficient (Wildman–Crippen LogP) is 4.34. The lowest BCUT2D eigenvalue weighted by molar-refractivity contribution is -0.139. The minimum atomic E-state index is -1.06. The lowest BCUT2D eigenvalue weighted by Gasteiger charge is -2.24. The molecule has 2 rings (SSSR count). The van der Waals surface area contributed by atoms with Gasteiger partial charge in [0.2, 0.25) is 0 Å². The molecule has 6 heteroatoms. The molecule has 0 aromatic heterocycles. The van der Waals surface area contributed by atoms with Crippen LogP contribution in [-0.4, -0.2) is 39.5 Å². The average molecular weight is 405 g/mol. The van der Waals surface area contributed by atoms with Crippen LogP contribution >= 0.6 is 0 Å². The van der Waals surface area contributed by atoms with Gasteiger partial charge in [-0.15, -0.1) is 0 Å². The van der Waals surface area contributed by atoms with Crippen LogP contribution in [0.1, 0.15) is 62.7 Å². The maximum absolute atomic E-state index is 12.5. The zero-order chi connectivity index (χ0) is 21.4. The number of carboxylic acids is 1. The van der Waals surface area contributed by atoms with Crippen molar-refractivity contribution in [2.24, 2.45) is 17.8 Å². The Hall–Kier alpha value is -2.34. The quantitative estimate of drug-likeness (QED) is 0.396. The molecular weight excluding hydrogens is 372 g/mol. The Labute approximate surface area is 172 Å². The van der Waals surface area contributed by atoms with Crippen molar-refractivity contribution in [1.29, 1.82) is 0 Å². The largest absolute Gasteiger partial charge is 0.512 e. The standard InChI is InChI=1S/C23H32O6/c1-3-4-8-15(2)11-12-18(24)22-17(13-21(26)27)19(25)14-20(22)29-23(28)16-9-6-5-7-10-16/h5-7,9-10,12,15,17,19-20,22,24-25H,3-4,8,11,13-14H2,1-2H3,(H,26,27)/t15?,17-,19-,20+,22-/m0/s1. The number of unbranched alkanes of at least 4 members (excludes halogenated alkanes) is 1. The molecule has 160 valence electrons. The van der Waals surface area contributed by atoms with Crippen molar-refractivity contribution in [3.05, 3.63) is 47.7 Å². The second-order valence-corrected chi connectivity index (χ2v) is 8.01. The van der Waals surface area contributed by atoms with Gasteiger partial charge in [0.15, 0.2) is 0 Å². The molecule has 1 aromatic rings. The summed E-state index contributed by atoms with van der Waals surface area (Å²) in [7, 11) is 0. The summed E-state index contributed by atoms with van der Waals surface area (Å²) in [5.41, 5.74) is 0.374. The topological polar surface area (TPSA) is 104 Å². The van der Waals surface area contributed by atoms with Crippen molar-refractivity contribution in [3.63, 3.8) is 0 Å². The van der Waals surface area contributed by atoms with Crippen LogP contribution in [0.3, 0.4) is 0 Å². The number of carbonyl (C=O) groups excluding carboxylic acids is 1. The Morgan fingerprint density at radius 3 is 2.55 bits per heavy atom. The molecule has 0 radical (unpaired) electrons. The van der Waals surface area contributed by atoms with Gasteiger partial charge in [0.05, 0.1) is 29.8 Å². The van der Waals surface area contributed by atoms with Crippen molar-refractivity contribution in [1.82, 2.24) is 0 Å². The van der Waals surface area contributed by atoms with Crippen LogP contribution < -0.4 is 0 Å². The molecule has 1 aromatic carbocycles. The van der Waals surface area contributed by atoms with E-state index in [1.165, 1.54) is 0 Å². The van der Waals surface area contributed by atoms with Crippen LogP contribution in [0, 0.1) is 17.8 Å². The van der Waals surface area contributed by atoms with Crippen molar-refractivity contribution < 1.29 is 29.6 Å². The van der Waals surface area contributed by atoms with E-state index >= 15 is 0 Å². The number of aliphatic hydroxyl groups is 2. The first-order valence-corrected chi connectivity index (χ1v) is 10.4. The van der Waals surface area contributed by atoms with E-state index in [2.05, 4.69) is 13.8 Å². The van der Waals surface area contributed by atoms with E-state index in [0.717, 1.165) is 19.3 Å². The molecule has 1 fully saturated rings. The first-order valence-electron chi connectivity index (χ1n) is 10.4. The lowest BCUT2D eigenvalue weighted by atomic mass is 9.87. The third-order valence-electron chi connectivity index (χ3n) is 5.63. The van der Waals surface area contributed by atoms with Gasteiger partial charge in [-0.2, -0.15) is 0 Å². The second kappa shape index (κ2) is 11.0. The van der Waals surface area contributed by atoms with E-state index in [1.54, 1.807) is 36.4 Å². The fourth-order valence-corrected chi connectivity index (χ4v) is 3.98. The van der Waals surface area contributed by atoms with E-state index in [9.17, 15) is 24.9 Å². The fraction of sp³-hybridized carbons (Fsp3) is 0.565. The maximum Gasteiger partial charge on any atom is 0.338 e. The molecule has 0 amide bonds. The SMILES string of the molecule is CCCCC(C)CC=C(O)[C@@H]1[C@@H](CC(=O)O)[C@@H](O)C[C@H]1OC(=O)c1ccccc1. The molecule has 1 aliphatic carbocycles. The molecule has 0 aliphatic heterocycles. The summed E-state index contributed by atoms with van der Waals surface area (Å²) >= 11 is 0. The third-order valence-corrected chi connectivity index (χ3v) is 5.63. The second-order valence-electron chi connectivity index (χ2n) is 8.01. The van der Waals surface area contributed by atoms with Crippen LogP contribution in [0.2, 0.25) is 0 Å². The molecule has 0 heterocycles. The number of hydrogen-bond acceptors (Lipinski definition) is 5. The van der Waals surface area contributed by atoms with E-state index in [1.807, 2.05) is 0 Å². The van der Waals surface area contributed by atoms with Gasteiger partial charge in [-0.3, -0.25) is 4.79 Å². The molecule has 1 saturated carbocycles. The number of allylic oxidation sites excluding steroid dienone is 1. The van der Waals surface area contributed by atoms with Gasteiger partial charge in [0, 0.05) is 12.3 Å². The Morgan fingerprint density at radius 2 is 1.93 bits per heavy atom. The van der Waals surface area contributed by atoms with Crippen LogP contribution in [0.4, 0.5) is 0 Å². The Morgan fingerprint density at radius 1 is 1.24 bits per heavy atom. The van der Waals surface area contributed by atoms with Crippen LogP contribution in [0.25, 0.3) is 0 Å². The highest BCUT2D eigenvalue weighted by molar-refractivity contribution is 5.89. The van der Waals surface area contributed by atoms with Gasteiger partial charge in [0.1, 0.15) is 6.10 Å². The highest BCUT2D eigenvalue weighted by Gasteiger charge is 2.47. The van der Waals surface area contributed by atoms with Crippen molar-refractivity contribution in [2.75, 3.05) is 0 Å². The normalized spacial score (nSPS) is 25.6. The zero-order valence-corrected chi connectivity index (χ0v) is 17.2. The number of carboxylic acid groups (broad SMARTS) is 1. The molecule has 0 saturated heterocycles. The summed E-state index contributed by atoms with van der Waals surface area (Å²) in [6.45, 7) is 4.23. The van der Waals surface area contributed by atoms with E-state index in [4.69, 9.17) is 4.74 Å². The monoisotopic (exact) mass is 404 g/mol. The number of carbonyl (C=O) groups is 2. The fourth-order valence-electron chi connectivity index (χ4n) is 3.98. The van der Waals surface area contributed by atoms with Crippen molar-refractivity contribution in [3.8, 4) is 0 Å². The van der Waals surface area contributed by atoms with Crippen LogP contribution in [-0.2, 0) is 9.53 Å². The summed E-state index contributed by atoms with van der Waals surface area (Å²) < 4.78 is 5.59. The smallest absolute Gasteiger partial charge is 0.338 e. The lowest BCUT2D eigenvalue weighted by Crippen LogP contribution is -2.29. The molecule has 6 nitrogen and oxygen atoms in total. The molecule has 0 spiro atoms. The van der Waals surface area contributed by atoms with Gasteiger partial charge < -0.3 is 20.1 Å². The summed E-state index contributed by atoms with van der Waals surface area (Å²) in [6.07, 6.45) is 3.67. The number of benzene rings is 1. The highest BCUT2D eigenvalue weighted by atomic mass is 16.5. The minimum absolute atomic E-state index is 0.00186.